The Bertz CT molecular complexity index is 565. The molecule has 4 nitrogen and oxygen atoms in total. The van der Waals surface area contributed by atoms with Crippen LogP contribution in [0.2, 0.25) is 0 Å². The van der Waals surface area contributed by atoms with E-state index in [9.17, 15) is 4.79 Å². The van der Waals surface area contributed by atoms with Crippen LogP contribution >= 0.6 is 0 Å². The minimum absolute atomic E-state index is 0.477. The molecule has 2 N–H and O–H groups in total. The van der Waals surface area contributed by atoms with Gasteiger partial charge in [-0.3, -0.25) is 5.21 Å². The van der Waals surface area contributed by atoms with Crippen molar-refractivity contribution in [3.05, 3.63) is 60.2 Å². The fraction of sp³-hybridized carbons (Fsp3) is 0.235. The van der Waals surface area contributed by atoms with Gasteiger partial charge in [0.05, 0.1) is 0 Å². The van der Waals surface area contributed by atoms with E-state index in [-0.39, 0.29) is 0 Å². The molecule has 0 saturated heterocycles. The maximum absolute atomic E-state index is 11.1. The third-order valence-corrected chi connectivity index (χ3v) is 3.27. The quantitative estimate of drug-likeness (QED) is 0.503. The molecular weight excluding hydrogens is 264 g/mol. The van der Waals surface area contributed by atoms with Gasteiger partial charge in [-0.2, -0.15) is 0 Å². The number of nitrogens with one attached hydrogen (secondary N) is 1. The normalized spacial score (nSPS) is 10.2. The summed E-state index contributed by atoms with van der Waals surface area (Å²) in [5, 5.41) is 12.1. The number of hydroxylamine groups is 2. The number of nitrogens with zero attached hydrogens (tertiary/aromatic N) is 1. The van der Waals surface area contributed by atoms with E-state index in [2.05, 4.69) is 41.7 Å². The Hall–Kier alpha value is -2.33. The van der Waals surface area contributed by atoms with Crippen molar-refractivity contribution in [1.82, 2.24) is 10.4 Å². The van der Waals surface area contributed by atoms with Crippen molar-refractivity contribution in [3.63, 3.8) is 0 Å². The molecule has 2 amide bonds. The lowest BCUT2D eigenvalue weighted by molar-refractivity contribution is -0.0182. The first-order chi connectivity index (χ1) is 10.2. The van der Waals surface area contributed by atoms with Gasteiger partial charge in [0, 0.05) is 13.6 Å². The fourth-order valence-electron chi connectivity index (χ4n) is 2.10. The van der Waals surface area contributed by atoms with Crippen LogP contribution < -0.4 is 5.32 Å². The van der Waals surface area contributed by atoms with Crippen LogP contribution in [0.25, 0.3) is 11.1 Å². The van der Waals surface area contributed by atoms with E-state index in [1.807, 2.05) is 18.2 Å². The molecule has 0 atom stereocenters. The van der Waals surface area contributed by atoms with Crippen LogP contribution in [0.15, 0.2) is 54.6 Å². The molecule has 0 bridgehead atoms. The van der Waals surface area contributed by atoms with Gasteiger partial charge < -0.3 is 5.32 Å². The maximum Gasteiger partial charge on any atom is 0.340 e. The first-order valence-electron chi connectivity index (χ1n) is 7.01. The van der Waals surface area contributed by atoms with E-state index in [1.165, 1.54) is 23.7 Å². The van der Waals surface area contributed by atoms with Crippen LogP contribution in [-0.2, 0) is 6.42 Å². The zero-order valence-corrected chi connectivity index (χ0v) is 12.1. The number of amides is 2. The Morgan fingerprint density at radius 1 is 1.05 bits per heavy atom. The van der Waals surface area contributed by atoms with E-state index >= 15 is 0 Å². The molecule has 0 unspecified atom stereocenters. The Morgan fingerprint density at radius 3 is 2.29 bits per heavy atom. The third kappa shape index (κ3) is 4.61. The minimum atomic E-state index is -0.477. The molecule has 2 aromatic rings. The molecule has 0 saturated carbocycles. The highest BCUT2D eigenvalue weighted by Gasteiger charge is 2.03. The first-order valence-corrected chi connectivity index (χ1v) is 7.01. The van der Waals surface area contributed by atoms with E-state index in [1.54, 1.807) is 0 Å². The molecule has 0 aliphatic heterocycles. The fourth-order valence-corrected chi connectivity index (χ4v) is 2.10. The summed E-state index contributed by atoms with van der Waals surface area (Å²) in [7, 11) is 1.30. The molecule has 21 heavy (non-hydrogen) atoms. The summed E-state index contributed by atoms with van der Waals surface area (Å²) in [6.07, 6.45) is 1.73. The van der Waals surface area contributed by atoms with Gasteiger partial charge in [0.2, 0.25) is 0 Å². The van der Waals surface area contributed by atoms with Crippen molar-refractivity contribution < 1.29 is 10.0 Å². The van der Waals surface area contributed by atoms with Gasteiger partial charge >= 0.3 is 6.03 Å². The second kappa shape index (κ2) is 7.45. The molecule has 0 heterocycles. The summed E-state index contributed by atoms with van der Waals surface area (Å²) >= 11 is 0. The van der Waals surface area contributed by atoms with Gasteiger partial charge in [-0.1, -0.05) is 54.6 Å². The van der Waals surface area contributed by atoms with Gasteiger partial charge in [-0.15, -0.1) is 0 Å². The summed E-state index contributed by atoms with van der Waals surface area (Å²) in [5.74, 6) is 0. The first kappa shape index (κ1) is 15.1. The molecular formula is C17H20N2O2. The van der Waals surface area contributed by atoms with Gasteiger partial charge in [-0.25, -0.2) is 9.86 Å². The summed E-state index contributed by atoms with van der Waals surface area (Å²) < 4.78 is 0. The van der Waals surface area contributed by atoms with Gasteiger partial charge in [0.1, 0.15) is 0 Å². The Morgan fingerprint density at radius 2 is 1.67 bits per heavy atom. The lowest BCUT2D eigenvalue weighted by Gasteiger charge is -2.10. The Kier molecular flexibility index (Phi) is 5.35. The van der Waals surface area contributed by atoms with E-state index in [4.69, 9.17) is 5.21 Å². The number of hydrogen-bond acceptors (Lipinski definition) is 2. The molecule has 0 fully saturated rings. The molecule has 0 aromatic heterocycles. The number of carbonyl (C=O) groups excluding carboxylic acids is 1. The summed E-state index contributed by atoms with van der Waals surface area (Å²) in [5.41, 5.74) is 3.65. The zero-order chi connectivity index (χ0) is 15.1. The lowest BCUT2D eigenvalue weighted by atomic mass is 10.0. The van der Waals surface area contributed by atoms with Crippen molar-refractivity contribution in [2.75, 3.05) is 13.6 Å². The lowest BCUT2D eigenvalue weighted by Crippen LogP contribution is -2.35. The average molecular weight is 284 g/mol. The predicted octanol–water partition coefficient (Wildman–Crippen LogP) is 3.32. The highest BCUT2D eigenvalue weighted by molar-refractivity contribution is 5.72. The average Bonchev–Trinajstić information content (AvgIpc) is 2.52. The molecule has 4 heteroatoms. The van der Waals surface area contributed by atoms with Crippen molar-refractivity contribution in [2.24, 2.45) is 0 Å². The topological polar surface area (TPSA) is 52.6 Å². The Balaban J connectivity index is 1.82. The highest BCUT2D eigenvalue weighted by atomic mass is 16.5. The number of aryl methyl sites for hydroxylation is 1. The van der Waals surface area contributed by atoms with Crippen molar-refractivity contribution in [1.29, 1.82) is 0 Å². The van der Waals surface area contributed by atoms with Gasteiger partial charge in [0.25, 0.3) is 0 Å². The van der Waals surface area contributed by atoms with E-state index < -0.39 is 6.03 Å². The monoisotopic (exact) mass is 284 g/mol. The third-order valence-electron chi connectivity index (χ3n) is 3.27. The molecule has 0 aliphatic carbocycles. The largest absolute Gasteiger partial charge is 0.340 e. The molecule has 2 aromatic carbocycles. The smallest absolute Gasteiger partial charge is 0.336 e. The van der Waals surface area contributed by atoms with Crippen LogP contribution in [0.3, 0.4) is 0 Å². The predicted molar refractivity (Wildman–Crippen MR) is 83.1 cm³/mol. The van der Waals surface area contributed by atoms with E-state index in [0.29, 0.717) is 11.6 Å². The Labute approximate surface area is 125 Å². The van der Waals surface area contributed by atoms with Crippen LogP contribution in [-0.4, -0.2) is 29.9 Å². The molecule has 0 radical (unpaired) electrons. The number of urea groups is 1. The van der Waals surface area contributed by atoms with Crippen molar-refractivity contribution in [2.45, 2.75) is 12.8 Å². The molecule has 2 rings (SSSR count). The number of rotatable bonds is 5. The summed E-state index contributed by atoms with van der Waals surface area (Å²) in [6, 6.07) is 18.2. The number of hydrogen-bond donors (Lipinski definition) is 2. The zero-order valence-electron chi connectivity index (χ0n) is 12.1. The highest BCUT2D eigenvalue weighted by Crippen LogP contribution is 2.19. The maximum atomic E-state index is 11.1. The van der Waals surface area contributed by atoms with Crippen LogP contribution in [0.4, 0.5) is 4.79 Å². The molecule has 0 aliphatic rings. The number of carbonyl (C=O) groups is 1. The summed E-state index contributed by atoms with van der Waals surface area (Å²) in [6.45, 7) is 0.546. The van der Waals surface area contributed by atoms with Crippen molar-refractivity contribution in [3.8, 4) is 11.1 Å². The van der Waals surface area contributed by atoms with E-state index in [0.717, 1.165) is 12.8 Å². The van der Waals surface area contributed by atoms with Gasteiger partial charge in [0.15, 0.2) is 0 Å². The van der Waals surface area contributed by atoms with Crippen molar-refractivity contribution >= 4 is 6.03 Å². The standard InChI is InChI=1S/C17H20N2O2/c1-19(21)17(20)18-13-5-6-14-9-11-16(12-10-14)15-7-3-2-4-8-15/h2-4,7-12,21H,5-6,13H2,1H3,(H,18,20). The molecule has 110 valence electrons. The second-order valence-corrected chi connectivity index (χ2v) is 4.92. The molecule has 0 spiro atoms. The van der Waals surface area contributed by atoms with Crippen LogP contribution in [0, 0.1) is 0 Å². The second-order valence-electron chi connectivity index (χ2n) is 4.92. The van der Waals surface area contributed by atoms with Gasteiger partial charge in [-0.05, 0) is 29.5 Å². The minimum Gasteiger partial charge on any atom is -0.336 e. The van der Waals surface area contributed by atoms with Crippen LogP contribution in [0.1, 0.15) is 12.0 Å². The van der Waals surface area contributed by atoms with Crippen LogP contribution in [0.5, 0.6) is 0 Å². The summed E-state index contributed by atoms with van der Waals surface area (Å²) in [4.78, 5) is 11.1. The number of benzene rings is 2. The SMILES string of the molecule is CN(O)C(=O)NCCCc1ccc(-c2ccccc2)cc1.